The number of amides is 2. The van der Waals surface area contributed by atoms with Gasteiger partial charge >= 0.3 is 6.09 Å². The van der Waals surface area contributed by atoms with Crippen molar-refractivity contribution in [1.29, 1.82) is 0 Å². The fourth-order valence-electron chi connectivity index (χ4n) is 6.05. The number of aliphatic hydroxyl groups is 2. The molecule has 8 nitrogen and oxygen atoms in total. The van der Waals surface area contributed by atoms with E-state index in [1.807, 2.05) is 59.5 Å². The van der Waals surface area contributed by atoms with Gasteiger partial charge in [0.2, 0.25) is 0 Å². The van der Waals surface area contributed by atoms with Crippen molar-refractivity contribution in [3.05, 3.63) is 94.0 Å². The largest absolute Gasteiger partial charge is 0.465 e. The molecule has 0 radical (unpaired) electrons. The Balaban J connectivity index is 1.65. The number of carboxylic acid groups (broad SMARTS) is 1. The summed E-state index contributed by atoms with van der Waals surface area (Å²) < 4.78 is 0. The summed E-state index contributed by atoms with van der Waals surface area (Å²) in [6.45, 7) is 4.42. The molecule has 2 unspecified atom stereocenters. The lowest BCUT2D eigenvalue weighted by atomic mass is 9.72. The number of nitrogens with one attached hydrogen (secondary N) is 2. The number of aliphatic hydroxyl groups excluding tert-OH is 1. The normalized spacial score (nSPS) is 16.5. The molecule has 3 aromatic carbocycles. The van der Waals surface area contributed by atoms with Gasteiger partial charge in [0, 0.05) is 54.8 Å². The standard InChI is InChI=1S/C34H42ClN3O5/c1-2-24-7-3-8-27(21-24)31-29(10-4-11-30(31)35)34(43,16-6-17-37-33(41)42)28-9-5-19-38(23-28)32(40)26-14-12-25(13-15-26)22-36-18-20-39/h3-4,7-8,10-15,21,28,36-37,39,43H,2,5-6,9,16-20,22-23H2,1H3,(H,41,42). The van der Waals surface area contributed by atoms with E-state index in [1.165, 1.54) is 0 Å². The van der Waals surface area contributed by atoms with Crippen LogP contribution in [0.1, 0.15) is 59.7 Å². The highest BCUT2D eigenvalue weighted by molar-refractivity contribution is 6.33. The van der Waals surface area contributed by atoms with E-state index < -0.39 is 11.7 Å². The maximum absolute atomic E-state index is 13.6. The molecular formula is C34H42ClN3O5. The number of hydrogen-bond acceptors (Lipinski definition) is 5. The molecule has 2 amide bonds. The van der Waals surface area contributed by atoms with Crippen LogP contribution in [0.4, 0.5) is 4.79 Å². The van der Waals surface area contributed by atoms with Crippen LogP contribution < -0.4 is 10.6 Å². The maximum atomic E-state index is 13.6. The fraction of sp³-hybridized carbons (Fsp3) is 0.412. The Kier molecular flexibility index (Phi) is 11.6. The van der Waals surface area contributed by atoms with Crippen LogP contribution in [-0.4, -0.2) is 65.0 Å². The van der Waals surface area contributed by atoms with Crippen molar-refractivity contribution in [2.75, 3.05) is 32.8 Å². The fourth-order valence-corrected chi connectivity index (χ4v) is 6.33. The van der Waals surface area contributed by atoms with E-state index >= 15 is 0 Å². The van der Waals surface area contributed by atoms with Gasteiger partial charge in [-0.15, -0.1) is 0 Å². The van der Waals surface area contributed by atoms with Crippen molar-refractivity contribution in [3.8, 4) is 11.1 Å². The van der Waals surface area contributed by atoms with Gasteiger partial charge < -0.3 is 30.9 Å². The van der Waals surface area contributed by atoms with Crippen LogP contribution in [0.15, 0.2) is 66.7 Å². The first kappa shape index (κ1) is 32.5. The van der Waals surface area contributed by atoms with Crippen LogP contribution in [0, 0.1) is 5.92 Å². The SMILES string of the molecule is CCc1cccc(-c2c(Cl)cccc2C(O)(CCCNC(=O)O)C2CCCN(C(=O)c3ccc(CNCCO)cc3)C2)c1. The van der Waals surface area contributed by atoms with Crippen molar-refractivity contribution in [2.45, 2.75) is 51.2 Å². The van der Waals surface area contributed by atoms with Crippen molar-refractivity contribution >= 4 is 23.6 Å². The Bertz CT molecular complexity index is 1380. The molecule has 1 fully saturated rings. The molecule has 0 spiro atoms. The number of likely N-dealkylation sites (tertiary alicyclic amines) is 1. The smallest absolute Gasteiger partial charge is 0.404 e. The molecule has 9 heteroatoms. The lowest BCUT2D eigenvalue weighted by Gasteiger charge is -2.44. The Morgan fingerprint density at radius 2 is 1.81 bits per heavy atom. The van der Waals surface area contributed by atoms with E-state index in [4.69, 9.17) is 21.8 Å². The Hall–Kier alpha value is -3.43. The quantitative estimate of drug-likeness (QED) is 0.165. The highest BCUT2D eigenvalue weighted by Gasteiger charge is 2.43. The van der Waals surface area contributed by atoms with E-state index in [2.05, 4.69) is 29.7 Å². The first-order valence-corrected chi connectivity index (χ1v) is 15.4. The molecular weight excluding hydrogens is 566 g/mol. The van der Waals surface area contributed by atoms with Crippen LogP contribution in [0.5, 0.6) is 0 Å². The molecule has 4 rings (SSSR count). The van der Waals surface area contributed by atoms with Gasteiger partial charge in [-0.25, -0.2) is 4.79 Å². The van der Waals surface area contributed by atoms with Crippen LogP contribution >= 0.6 is 11.6 Å². The molecule has 0 aromatic heterocycles. The number of halogens is 1. The Morgan fingerprint density at radius 3 is 2.53 bits per heavy atom. The number of carbonyl (C=O) groups excluding carboxylic acids is 1. The van der Waals surface area contributed by atoms with Crippen molar-refractivity contribution < 1.29 is 24.9 Å². The monoisotopic (exact) mass is 607 g/mol. The summed E-state index contributed by atoms with van der Waals surface area (Å²) >= 11 is 6.84. The van der Waals surface area contributed by atoms with Gasteiger partial charge in [-0.05, 0) is 72.6 Å². The topological polar surface area (TPSA) is 122 Å². The molecule has 1 heterocycles. The molecule has 5 N–H and O–H groups in total. The molecule has 230 valence electrons. The molecule has 0 aliphatic carbocycles. The van der Waals surface area contributed by atoms with Crippen molar-refractivity contribution in [1.82, 2.24) is 15.5 Å². The van der Waals surface area contributed by atoms with Crippen molar-refractivity contribution in [3.63, 3.8) is 0 Å². The van der Waals surface area contributed by atoms with E-state index in [0.29, 0.717) is 61.6 Å². The number of nitrogens with zero attached hydrogens (tertiary/aromatic N) is 1. The van der Waals surface area contributed by atoms with Gasteiger partial charge in [0.1, 0.15) is 0 Å². The third kappa shape index (κ3) is 8.15. The lowest BCUT2D eigenvalue weighted by Crippen LogP contribution is -2.48. The van der Waals surface area contributed by atoms with E-state index in [-0.39, 0.29) is 25.0 Å². The van der Waals surface area contributed by atoms with Crippen LogP contribution in [0.25, 0.3) is 11.1 Å². The second-order valence-corrected chi connectivity index (χ2v) is 11.6. The number of carbonyl (C=O) groups is 2. The van der Waals surface area contributed by atoms with Crippen molar-refractivity contribution in [2.24, 2.45) is 5.92 Å². The second-order valence-electron chi connectivity index (χ2n) is 11.2. The molecule has 1 aliphatic rings. The van der Waals surface area contributed by atoms with E-state index in [1.54, 1.807) is 0 Å². The Labute approximate surface area is 258 Å². The maximum Gasteiger partial charge on any atom is 0.404 e. The van der Waals surface area contributed by atoms with Gasteiger partial charge in [0.15, 0.2) is 0 Å². The molecule has 0 saturated carbocycles. The predicted octanol–water partition coefficient (Wildman–Crippen LogP) is 5.44. The van der Waals surface area contributed by atoms with Gasteiger partial charge in [-0.2, -0.15) is 0 Å². The molecule has 2 atom stereocenters. The molecule has 1 saturated heterocycles. The number of hydrogen-bond donors (Lipinski definition) is 5. The third-order valence-corrected chi connectivity index (χ3v) is 8.63. The highest BCUT2D eigenvalue weighted by Crippen LogP contribution is 2.45. The number of piperidine rings is 1. The molecule has 3 aromatic rings. The summed E-state index contributed by atoms with van der Waals surface area (Å²) in [5.74, 6) is -0.375. The first-order chi connectivity index (χ1) is 20.8. The molecule has 1 aliphatic heterocycles. The summed E-state index contributed by atoms with van der Waals surface area (Å²) in [6, 6.07) is 21.2. The number of benzene rings is 3. The van der Waals surface area contributed by atoms with Crippen LogP contribution in [0.3, 0.4) is 0 Å². The minimum atomic E-state index is -1.36. The zero-order chi connectivity index (χ0) is 30.8. The van der Waals surface area contributed by atoms with Crippen LogP contribution in [0.2, 0.25) is 5.02 Å². The minimum Gasteiger partial charge on any atom is -0.465 e. The summed E-state index contributed by atoms with van der Waals surface area (Å²) in [4.78, 5) is 26.6. The minimum absolute atomic E-state index is 0.0664. The average Bonchev–Trinajstić information content (AvgIpc) is 3.03. The molecule has 0 bridgehead atoms. The Morgan fingerprint density at radius 1 is 1.05 bits per heavy atom. The number of aryl methyl sites for hydroxylation is 1. The van der Waals surface area contributed by atoms with Gasteiger partial charge in [-0.1, -0.05) is 67.1 Å². The number of rotatable bonds is 13. The summed E-state index contributed by atoms with van der Waals surface area (Å²) in [5.41, 5.74) is 3.78. The third-order valence-electron chi connectivity index (χ3n) is 8.32. The van der Waals surface area contributed by atoms with Gasteiger partial charge in [0.25, 0.3) is 5.91 Å². The van der Waals surface area contributed by atoms with E-state index in [9.17, 15) is 14.7 Å². The predicted molar refractivity (Wildman–Crippen MR) is 169 cm³/mol. The summed E-state index contributed by atoms with van der Waals surface area (Å²) in [5, 5.41) is 36.9. The molecule has 43 heavy (non-hydrogen) atoms. The zero-order valence-electron chi connectivity index (χ0n) is 24.7. The van der Waals surface area contributed by atoms with Gasteiger partial charge in [0.05, 0.1) is 12.2 Å². The second kappa shape index (κ2) is 15.3. The highest BCUT2D eigenvalue weighted by atomic mass is 35.5. The summed E-state index contributed by atoms with van der Waals surface area (Å²) in [6.07, 6.45) is 1.92. The first-order valence-electron chi connectivity index (χ1n) is 15.0. The average molecular weight is 608 g/mol. The lowest BCUT2D eigenvalue weighted by molar-refractivity contribution is -0.0563. The van der Waals surface area contributed by atoms with E-state index in [0.717, 1.165) is 35.1 Å². The van der Waals surface area contributed by atoms with Gasteiger partial charge in [-0.3, -0.25) is 4.79 Å². The zero-order valence-corrected chi connectivity index (χ0v) is 25.4. The van der Waals surface area contributed by atoms with Crippen LogP contribution in [-0.2, 0) is 18.6 Å². The summed E-state index contributed by atoms with van der Waals surface area (Å²) in [7, 11) is 0.